The van der Waals surface area contributed by atoms with Gasteiger partial charge in [-0.25, -0.2) is 0 Å². The highest BCUT2D eigenvalue weighted by Crippen LogP contribution is 2.50. The van der Waals surface area contributed by atoms with Crippen LogP contribution >= 0.6 is 24.0 Å². The van der Waals surface area contributed by atoms with Crippen molar-refractivity contribution in [1.82, 2.24) is 5.32 Å². The van der Waals surface area contributed by atoms with Crippen molar-refractivity contribution in [3.63, 3.8) is 0 Å². The van der Waals surface area contributed by atoms with E-state index in [0.29, 0.717) is 5.41 Å². The second kappa shape index (κ2) is 7.43. The van der Waals surface area contributed by atoms with E-state index >= 15 is 0 Å². The van der Waals surface area contributed by atoms with Crippen molar-refractivity contribution >= 4 is 35.6 Å². The lowest BCUT2D eigenvalue weighted by molar-refractivity contribution is -0.0945. The molecule has 1 N–H and O–H groups in total. The van der Waals surface area contributed by atoms with Crippen molar-refractivity contribution in [1.29, 1.82) is 0 Å². The first-order valence-corrected chi connectivity index (χ1v) is 9.39. The van der Waals surface area contributed by atoms with Gasteiger partial charge in [0.2, 0.25) is 0 Å². The number of halogens is 1. The summed E-state index contributed by atoms with van der Waals surface area (Å²) in [5.74, 6) is 1.04. The molecule has 0 atom stereocenters. The van der Waals surface area contributed by atoms with Crippen LogP contribution in [0.15, 0.2) is 29.3 Å². The zero-order valence-electron chi connectivity index (χ0n) is 15.4. The highest BCUT2D eigenvalue weighted by Gasteiger charge is 2.45. The predicted octanol–water partition coefficient (Wildman–Crippen LogP) is 3.94. The first kappa shape index (κ1) is 19.0. The first-order chi connectivity index (χ1) is 11.7. The summed E-state index contributed by atoms with van der Waals surface area (Å²) in [5.41, 5.74) is 3.45. The van der Waals surface area contributed by atoms with Gasteiger partial charge in [0.25, 0.3) is 0 Å². The maximum Gasteiger partial charge on any atom is 0.198 e. The number of ether oxygens (including phenoxy) is 1. The van der Waals surface area contributed by atoms with Crippen molar-refractivity contribution in [2.45, 2.75) is 44.9 Å². The van der Waals surface area contributed by atoms with Crippen LogP contribution in [0.5, 0.6) is 0 Å². The van der Waals surface area contributed by atoms with E-state index in [1.807, 2.05) is 0 Å². The van der Waals surface area contributed by atoms with E-state index < -0.39 is 0 Å². The molecule has 1 spiro atoms. The zero-order valence-corrected chi connectivity index (χ0v) is 17.7. The third-order valence-electron chi connectivity index (χ3n) is 5.89. The van der Waals surface area contributed by atoms with Gasteiger partial charge in [0.05, 0.1) is 19.8 Å². The fraction of sp³-hybridized carbons (Fsp3) is 0.650. The molecule has 4 nitrogen and oxygen atoms in total. The maximum atomic E-state index is 5.38. The molecular weight excluding hydrogens is 425 g/mol. The standard InChI is InChI=1S/C20H29N3O.HI/c1-3-21-18(22-12-19(2)14-24-15-19)23-13-20(10-6-7-11-20)16-8-4-5-9-17(16)23;/h4-5,8-9H,3,6-7,10-15H2,1-2H3,(H,21,22);1H. The van der Waals surface area contributed by atoms with Gasteiger partial charge < -0.3 is 15.0 Å². The summed E-state index contributed by atoms with van der Waals surface area (Å²) in [5, 5.41) is 3.53. The Kier molecular flexibility index (Phi) is 5.63. The summed E-state index contributed by atoms with van der Waals surface area (Å²) in [6.45, 7) is 8.88. The van der Waals surface area contributed by atoms with Gasteiger partial charge >= 0.3 is 0 Å². The van der Waals surface area contributed by atoms with Gasteiger partial charge in [-0.1, -0.05) is 38.0 Å². The Balaban J connectivity index is 0.00000182. The van der Waals surface area contributed by atoms with Crippen LogP contribution in [0, 0.1) is 5.41 Å². The van der Waals surface area contributed by atoms with Gasteiger partial charge in [-0.15, -0.1) is 24.0 Å². The lowest BCUT2D eigenvalue weighted by Crippen LogP contribution is -2.46. The van der Waals surface area contributed by atoms with Crippen LogP contribution in [0.2, 0.25) is 0 Å². The Morgan fingerprint density at radius 3 is 2.60 bits per heavy atom. The van der Waals surface area contributed by atoms with Crippen LogP contribution in [0.1, 0.15) is 45.1 Å². The van der Waals surface area contributed by atoms with E-state index in [2.05, 4.69) is 48.3 Å². The topological polar surface area (TPSA) is 36.9 Å². The molecule has 0 unspecified atom stereocenters. The molecule has 1 aliphatic carbocycles. The summed E-state index contributed by atoms with van der Waals surface area (Å²) in [6, 6.07) is 8.96. The number of anilines is 1. The largest absolute Gasteiger partial charge is 0.380 e. The average molecular weight is 455 g/mol. The molecule has 2 aliphatic heterocycles. The highest BCUT2D eigenvalue weighted by atomic mass is 127. The Hall–Kier alpha value is -0.820. The minimum atomic E-state index is 0. The van der Waals surface area contributed by atoms with Crippen LogP contribution in [0.25, 0.3) is 0 Å². The van der Waals surface area contributed by atoms with E-state index in [0.717, 1.165) is 38.8 Å². The number of nitrogens with zero attached hydrogens (tertiary/aromatic N) is 2. The van der Waals surface area contributed by atoms with Crippen LogP contribution < -0.4 is 10.2 Å². The van der Waals surface area contributed by atoms with Gasteiger partial charge in [0, 0.05) is 29.6 Å². The number of guanidine groups is 1. The Bertz CT molecular complexity index is 636. The molecule has 2 fully saturated rings. The molecule has 3 aliphatic rings. The van der Waals surface area contributed by atoms with Gasteiger partial charge in [-0.05, 0) is 31.4 Å². The molecule has 5 heteroatoms. The molecule has 1 aromatic rings. The van der Waals surface area contributed by atoms with E-state index in [9.17, 15) is 0 Å². The van der Waals surface area contributed by atoms with Gasteiger partial charge in [-0.3, -0.25) is 4.99 Å². The molecule has 1 saturated carbocycles. The number of aliphatic imine (C=N–C) groups is 1. The van der Waals surface area contributed by atoms with Crippen molar-refractivity contribution < 1.29 is 4.74 Å². The predicted molar refractivity (Wildman–Crippen MR) is 114 cm³/mol. The second-order valence-corrected chi connectivity index (χ2v) is 8.06. The van der Waals surface area contributed by atoms with Crippen molar-refractivity contribution in [3.05, 3.63) is 29.8 Å². The van der Waals surface area contributed by atoms with Crippen molar-refractivity contribution in [2.75, 3.05) is 37.7 Å². The molecule has 0 radical (unpaired) electrons. The van der Waals surface area contributed by atoms with Crippen molar-refractivity contribution in [2.24, 2.45) is 10.4 Å². The molecule has 0 amide bonds. The summed E-state index contributed by atoms with van der Waals surface area (Å²) < 4.78 is 5.38. The van der Waals surface area contributed by atoms with Crippen molar-refractivity contribution in [3.8, 4) is 0 Å². The Labute approximate surface area is 168 Å². The minimum absolute atomic E-state index is 0. The van der Waals surface area contributed by atoms with Gasteiger partial charge in [0.1, 0.15) is 0 Å². The molecule has 0 bridgehead atoms. The number of nitrogens with one attached hydrogen (secondary N) is 1. The molecule has 1 saturated heterocycles. The van der Waals surface area contributed by atoms with Crippen LogP contribution in [0.3, 0.4) is 0 Å². The third-order valence-corrected chi connectivity index (χ3v) is 5.89. The van der Waals surface area contributed by atoms with Crippen LogP contribution in [-0.4, -0.2) is 38.8 Å². The van der Waals surface area contributed by atoms with Crippen LogP contribution in [-0.2, 0) is 10.2 Å². The number of para-hydroxylation sites is 1. The molecular formula is C20H30IN3O. The number of hydrogen-bond acceptors (Lipinski definition) is 2. The number of benzene rings is 1. The smallest absolute Gasteiger partial charge is 0.198 e. The Morgan fingerprint density at radius 1 is 1.24 bits per heavy atom. The lowest BCUT2D eigenvalue weighted by atomic mass is 9.81. The molecule has 25 heavy (non-hydrogen) atoms. The van der Waals surface area contributed by atoms with E-state index in [1.165, 1.54) is 36.9 Å². The van der Waals surface area contributed by atoms with E-state index in [4.69, 9.17) is 9.73 Å². The average Bonchev–Trinajstić information content (AvgIpc) is 3.17. The molecule has 4 rings (SSSR count). The molecule has 1 aromatic carbocycles. The van der Waals surface area contributed by atoms with E-state index in [1.54, 1.807) is 0 Å². The Morgan fingerprint density at radius 2 is 1.96 bits per heavy atom. The zero-order chi connectivity index (χ0) is 16.6. The second-order valence-electron chi connectivity index (χ2n) is 8.06. The number of fused-ring (bicyclic) bond motifs is 2. The van der Waals surface area contributed by atoms with Gasteiger partial charge in [0.15, 0.2) is 5.96 Å². The molecule has 138 valence electrons. The lowest BCUT2D eigenvalue weighted by Gasteiger charge is -2.37. The number of rotatable bonds is 3. The van der Waals surface area contributed by atoms with Crippen LogP contribution in [0.4, 0.5) is 5.69 Å². The summed E-state index contributed by atoms with van der Waals surface area (Å²) in [4.78, 5) is 7.43. The molecule has 0 aromatic heterocycles. The summed E-state index contributed by atoms with van der Waals surface area (Å²) in [7, 11) is 0. The minimum Gasteiger partial charge on any atom is -0.380 e. The highest BCUT2D eigenvalue weighted by molar-refractivity contribution is 14.0. The fourth-order valence-corrected chi connectivity index (χ4v) is 4.50. The van der Waals surface area contributed by atoms with E-state index in [-0.39, 0.29) is 29.4 Å². The summed E-state index contributed by atoms with van der Waals surface area (Å²) >= 11 is 0. The molecule has 2 heterocycles. The fourth-order valence-electron chi connectivity index (χ4n) is 4.50. The quantitative estimate of drug-likeness (QED) is 0.426. The first-order valence-electron chi connectivity index (χ1n) is 9.39. The summed E-state index contributed by atoms with van der Waals surface area (Å²) in [6.07, 6.45) is 5.33. The number of hydrogen-bond donors (Lipinski definition) is 1. The normalized spacial score (nSPS) is 23.1. The van der Waals surface area contributed by atoms with Gasteiger partial charge in [-0.2, -0.15) is 0 Å². The SMILES string of the molecule is CCNC(=NCC1(C)COC1)N1CC2(CCCC2)c2ccccc21.I. The third kappa shape index (κ3) is 3.42. The monoisotopic (exact) mass is 455 g/mol. The maximum absolute atomic E-state index is 5.38.